The molecule has 0 saturated carbocycles. The highest BCUT2D eigenvalue weighted by Crippen LogP contribution is 2.12. The maximum Gasteiger partial charge on any atom is 0.234 e. The van der Waals surface area contributed by atoms with Crippen molar-refractivity contribution in [3.8, 4) is 0 Å². The molecule has 0 aliphatic carbocycles. The van der Waals surface area contributed by atoms with Crippen molar-refractivity contribution in [2.24, 2.45) is 11.5 Å². The number of nitrogens with zero attached hydrogens (tertiary/aromatic N) is 1. The standard InChI is InChI=1S/C8H17N3O/c1-2-7(8(10)12)11-4-3-6(9)5-11/h6-7H,2-5,9H2,1H3,(H2,10,12). The molecule has 1 amide bonds. The quantitative estimate of drug-likeness (QED) is 0.589. The van der Waals surface area contributed by atoms with Crippen molar-refractivity contribution >= 4 is 5.91 Å². The molecule has 1 aliphatic rings. The Kier molecular flexibility index (Phi) is 3.05. The molecule has 70 valence electrons. The number of hydrogen-bond acceptors (Lipinski definition) is 3. The Hall–Kier alpha value is -0.610. The van der Waals surface area contributed by atoms with Crippen molar-refractivity contribution in [2.45, 2.75) is 31.8 Å². The lowest BCUT2D eigenvalue weighted by molar-refractivity contribution is -0.123. The van der Waals surface area contributed by atoms with Gasteiger partial charge in [0, 0.05) is 19.1 Å². The summed E-state index contributed by atoms with van der Waals surface area (Å²) in [6.45, 7) is 3.68. The van der Waals surface area contributed by atoms with Crippen molar-refractivity contribution < 1.29 is 4.79 Å². The molecule has 4 nitrogen and oxygen atoms in total. The van der Waals surface area contributed by atoms with Crippen LogP contribution in [0.25, 0.3) is 0 Å². The number of primary amides is 1. The van der Waals surface area contributed by atoms with Gasteiger partial charge in [0.1, 0.15) is 0 Å². The Morgan fingerprint density at radius 1 is 1.75 bits per heavy atom. The van der Waals surface area contributed by atoms with E-state index in [1.165, 1.54) is 0 Å². The molecule has 1 rings (SSSR count). The zero-order valence-electron chi connectivity index (χ0n) is 7.49. The maximum atomic E-state index is 11.0. The molecule has 0 aromatic heterocycles. The van der Waals surface area contributed by atoms with E-state index in [9.17, 15) is 4.79 Å². The van der Waals surface area contributed by atoms with E-state index in [-0.39, 0.29) is 18.0 Å². The van der Waals surface area contributed by atoms with E-state index in [1.807, 2.05) is 6.92 Å². The summed E-state index contributed by atoms with van der Waals surface area (Å²) in [5.41, 5.74) is 11.0. The summed E-state index contributed by atoms with van der Waals surface area (Å²) in [5, 5.41) is 0. The summed E-state index contributed by atoms with van der Waals surface area (Å²) in [5.74, 6) is -0.230. The molecule has 2 atom stereocenters. The van der Waals surface area contributed by atoms with Gasteiger partial charge in [0.25, 0.3) is 0 Å². The highest BCUT2D eigenvalue weighted by Gasteiger charge is 2.28. The first-order valence-electron chi connectivity index (χ1n) is 4.44. The third kappa shape index (κ3) is 1.95. The third-order valence-corrected chi connectivity index (χ3v) is 2.41. The van der Waals surface area contributed by atoms with E-state index < -0.39 is 0 Å². The highest BCUT2D eigenvalue weighted by atomic mass is 16.1. The number of carbonyl (C=O) groups excluding carboxylic acids is 1. The summed E-state index contributed by atoms with van der Waals surface area (Å²) in [7, 11) is 0. The molecule has 1 saturated heterocycles. The van der Waals surface area contributed by atoms with Gasteiger partial charge in [-0.05, 0) is 12.8 Å². The molecule has 1 fully saturated rings. The van der Waals surface area contributed by atoms with E-state index >= 15 is 0 Å². The topological polar surface area (TPSA) is 72.4 Å². The van der Waals surface area contributed by atoms with Crippen LogP contribution in [-0.2, 0) is 4.79 Å². The maximum absolute atomic E-state index is 11.0. The molecule has 2 unspecified atom stereocenters. The van der Waals surface area contributed by atoms with Gasteiger partial charge in [0.2, 0.25) is 5.91 Å². The number of amides is 1. The van der Waals surface area contributed by atoms with Crippen LogP contribution in [0.4, 0.5) is 0 Å². The van der Waals surface area contributed by atoms with Crippen LogP contribution < -0.4 is 11.5 Å². The summed E-state index contributed by atoms with van der Waals surface area (Å²) < 4.78 is 0. The average Bonchev–Trinajstić information content (AvgIpc) is 2.37. The first-order chi connectivity index (χ1) is 5.65. The van der Waals surface area contributed by atoms with Crippen LogP contribution in [0.1, 0.15) is 19.8 Å². The van der Waals surface area contributed by atoms with Gasteiger partial charge in [-0.15, -0.1) is 0 Å². The van der Waals surface area contributed by atoms with Gasteiger partial charge in [-0.1, -0.05) is 6.92 Å². The smallest absolute Gasteiger partial charge is 0.234 e. The minimum atomic E-state index is -0.230. The summed E-state index contributed by atoms with van der Waals surface area (Å²) in [6, 6.07) is 0.108. The molecular formula is C8H17N3O. The first-order valence-corrected chi connectivity index (χ1v) is 4.44. The highest BCUT2D eigenvalue weighted by molar-refractivity contribution is 5.79. The van der Waals surface area contributed by atoms with Crippen molar-refractivity contribution in [3.63, 3.8) is 0 Å². The Bertz CT molecular complexity index is 172. The van der Waals surface area contributed by atoms with Crippen LogP contribution in [0.3, 0.4) is 0 Å². The van der Waals surface area contributed by atoms with Crippen LogP contribution >= 0.6 is 0 Å². The lowest BCUT2D eigenvalue weighted by Crippen LogP contribution is -2.44. The number of carbonyl (C=O) groups is 1. The summed E-state index contributed by atoms with van der Waals surface area (Å²) in [6.07, 6.45) is 1.76. The predicted octanol–water partition coefficient (Wildman–Crippen LogP) is -0.717. The van der Waals surface area contributed by atoms with Gasteiger partial charge in [-0.25, -0.2) is 0 Å². The van der Waals surface area contributed by atoms with Crippen molar-refractivity contribution in [1.82, 2.24) is 4.90 Å². The fourth-order valence-corrected chi connectivity index (χ4v) is 1.74. The number of rotatable bonds is 3. The summed E-state index contributed by atoms with van der Waals surface area (Å²) >= 11 is 0. The molecule has 1 heterocycles. The number of nitrogens with two attached hydrogens (primary N) is 2. The molecule has 0 spiro atoms. The van der Waals surface area contributed by atoms with Gasteiger partial charge < -0.3 is 11.5 Å². The molecular weight excluding hydrogens is 154 g/mol. The Morgan fingerprint density at radius 3 is 2.75 bits per heavy atom. The van der Waals surface area contributed by atoms with E-state index in [1.54, 1.807) is 0 Å². The Morgan fingerprint density at radius 2 is 2.42 bits per heavy atom. The predicted molar refractivity (Wildman–Crippen MR) is 47.4 cm³/mol. The van der Waals surface area contributed by atoms with E-state index in [0.29, 0.717) is 0 Å². The van der Waals surface area contributed by atoms with Crippen molar-refractivity contribution in [1.29, 1.82) is 0 Å². The van der Waals surface area contributed by atoms with Gasteiger partial charge in [-0.3, -0.25) is 9.69 Å². The number of likely N-dealkylation sites (tertiary alicyclic amines) is 1. The van der Waals surface area contributed by atoms with Crippen LogP contribution in [0.15, 0.2) is 0 Å². The van der Waals surface area contributed by atoms with Gasteiger partial charge in [-0.2, -0.15) is 0 Å². The molecule has 4 N–H and O–H groups in total. The van der Waals surface area contributed by atoms with Gasteiger partial charge in [0.15, 0.2) is 0 Å². The largest absolute Gasteiger partial charge is 0.368 e. The minimum Gasteiger partial charge on any atom is -0.368 e. The average molecular weight is 171 g/mol. The molecule has 0 aromatic carbocycles. The van der Waals surface area contributed by atoms with E-state index in [0.717, 1.165) is 25.9 Å². The molecule has 0 radical (unpaired) electrons. The van der Waals surface area contributed by atoms with Gasteiger partial charge in [0.05, 0.1) is 6.04 Å². The second-order valence-corrected chi connectivity index (χ2v) is 3.37. The molecule has 0 aromatic rings. The molecule has 4 heteroatoms. The normalized spacial score (nSPS) is 27.3. The Labute approximate surface area is 72.9 Å². The third-order valence-electron chi connectivity index (χ3n) is 2.41. The van der Waals surface area contributed by atoms with Crippen LogP contribution in [0, 0.1) is 0 Å². The molecule has 0 bridgehead atoms. The monoisotopic (exact) mass is 171 g/mol. The number of hydrogen-bond donors (Lipinski definition) is 2. The van der Waals surface area contributed by atoms with Crippen molar-refractivity contribution in [2.75, 3.05) is 13.1 Å². The Balaban J connectivity index is 2.49. The van der Waals surface area contributed by atoms with Crippen LogP contribution in [0.5, 0.6) is 0 Å². The lowest BCUT2D eigenvalue weighted by atomic mass is 10.2. The fourth-order valence-electron chi connectivity index (χ4n) is 1.74. The van der Waals surface area contributed by atoms with E-state index in [4.69, 9.17) is 11.5 Å². The zero-order valence-corrected chi connectivity index (χ0v) is 7.49. The SMILES string of the molecule is CCC(C(N)=O)N1CCC(N)C1. The second-order valence-electron chi connectivity index (χ2n) is 3.37. The second kappa shape index (κ2) is 3.87. The minimum absolute atomic E-state index is 0.112. The fraction of sp³-hybridized carbons (Fsp3) is 0.875. The molecule has 12 heavy (non-hydrogen) atoms. The first kappa shape index (κ1) is 9.48. The summed E-state index contributed by atoms with van der Waals surface area (Å²) in [4.78, 5) is 13.0. The lowest BCUT2D eigenvalue weighted by Gasteiger charge is -2.23. The van der Waals surface area contributed by atoms with Crippen LogP contribution in [-0.4, -0.2) is 36.0 Å². The van der Waals surface area contributed by atoms with Crippen LogP contribution in [0.2, 0.25) is 0 Å². The van der Waals surface area contributed by atoms with Gasteiger partial charge >= 0.3 is 0 Å². The molecule has 1 aliphatic heterocycles. The van der Waals surface area contributed by atoms with Crippen molar-refractivity contribution in [3.05, 3.63) is 0 Å². The van der Waals surface area contributed by atoms with E-state index in [2.05, 4.69) is 4.90 Å². The zero-order chi connectivity index (χ0) is 9.14.